The van der Waals surface area contributed by atoms with E-state index in [4.69, 9.17) is 10.8 Å². The van der Waals surface area contributed by atoms with Crippen LogP contribution in [-0.2, 0) is 0 Å². The average molecular weight is 208 g/mol. The van der Waals surface area contributed by atoms with Crippen LogP contribution in [0.25, 0.3) is 6.08 Å². The van der Waals surface area contributed by atoms with Crippen LogP contribution in [0, 0.1) is 10.1 Å². The van der Waals surface area contributed by atoms with E-state index < -0.39 is 4.92 Å². The molecule has 0 amide bonds. The number of nitrogens with two attached hydrogens (primary N) is 1. The Morgan fingerprint density at radius 2 is 2.27 bits per heavy atom. The van der Waals surface area contributed by atoms with Crippen molar-refractivity contribution in [2.24, 2.45) is 0 Å². The van der Waals surface area contributed by atoms with Crippen molar-refractivity contribution in [3.63, 3.8) is 0 Å². The number of rotatable bonds is 4. The molecule has 0 fully saturated rings. The molecule has 5 nitrogen and oxygen atoms in total. The van der Waals surface area contributed by atoms with Crippen molar-refractivity contribution >= 4 is 17.5 Å². The molecule has 0 spiro atoms. The normalized spacial score (nSPS) is 10.7. The summed E-state index contributed by atoms with van der Waals surface area (Å²) in [5.41, 5.74) is 6.34. The number of aliphatic hydroxyl groups excluding tert-OH is 1. The summed E-state index contributed by atoms with van der Waals surface area (Å²) in [6.45, 7) is 0.0823. The van der Waals surface area contributed by atoms with Gasteiger partial charge in [0.15, 0.2) is 0 Å². The topological polar surface area (TPSA) is 89.4 Å². The molecule has 0 aliphatic carbocycles. The average Bonchev–Trinajstić information content (AvgIpc) is 2.17. The second-order valence-electron chi connectivity index (χ2n) is 2.99. The molecule has 0 heterocycles. The third-order valence-electron chi connectivity index (χ3n) is 1.85. The molecule has 0 bridgehead atoms. The zero-order valence-corrected chi connectivity index (χ0v) is 8.09. The predicted octanol–water partition coefficient (Wildman–Crippen LogP) is 1.57. The Kier molecular flexibility index (Phi) is 3.82. The Hall–Kier alpha value is -1.88. The molecule has 0 aromatic heterocycles. The maximum atomic E-state index is 10.5. The fraction of sp³-hybridized carbons (Fsp3) is 0.200. The van der Waals surface area contributed by atoms with Crippen LogP contribution >= 0.6 is 0 Å². The first-order valence-corrected chi connectivity index (χ1v) is 4.46. The third-order valence-corrected chi connectivity index (χ3v) is 1.85. The van der Waals surface area contributed by atoms with Crippen molar-refractivity contribution in [3.05, 3.63) is 40.0 Å². The highest BCUT2D eigenvalue weighted by atomic mass is 16.6. The maximum Gasteiger partial charge on any atom is 0.292 e. The molecule has 3 N–H and O–H groups in total. The van der Waals surface area contributed by atoms with Gasteiger partial charge < -0.3 is 10.8 Å². The van der Waals surface area contributed by atoms with Crippen LogP contribution in [-0.4, -0.2) is 16.6 Å². The molecule has 0 radical (unpaired) electrons. The summed E-state index contributed by atoms with van der Waals surface area (Å²) in [4.78, 5) is 9.95. The molecule has 1 aromatic rings. The van der Waals surface area contributed by atoms with Crippen LogP contribution in [0.3, 0.4) is 0 Å². The minimum atomic E-state index is -0.517. The Morgan fingerprint density at radius 1 is 1.53 bits per heavy atom. The Balaban J connectivity index is 2.87. The fourth-order valence-electron chi connectivity index (χ4n) is 1.14. The molecular weight excluding hydrogens is 196 g/mol. The van der Waals surface area contributed by atoms with Gasteiger partial charge in [-0.3, -0.25) is 10.1 Å². The van der Waals surface area contributed by atoms with Gasteiger partial charge in [-0.15, -0.1) is 0 Å². The van der Waals surface area contributed by atoms with E-state index in [1.54, 1.807) is 18.2 Å². The van der Waals surface area contributed by atoms with Crippen LogP contribution in [0.2, 0.25) is 0 Å². The van der Waals surface area contributed by atoms with E-state index in [0.717, 1.165) is 5.56 Å². The van der Waals surface area contributed by atoms with E-state index in [0.29, 0.717) is 6.42 Å². The highest BCUT2D eigenvalue weighted by Crippen LogP contribution is 2.22. The number of nitrogens with zero attached hydrogens (tertiary/aromatic N) is 1. The number of aliphatic hydroxyl groups is 1. The summed E-state index contributed by atoms with van der Waals surface area (Å²) in [5, 5.41) is 19.0. The Labute approximate surface area is 87.0 Å². The van der Waals surface area contributed by atoms with Gasteiger partial charge in [-0.2, -0.15) is 0 Å². The summed E-state index contributed by atoms with van der Waals surface area (Å²) in [7, 11) is 0. The number of nitro benzene ring substituents is 1. The zero-order valence-electron chi connectivity index (χ0n) is 8.09. The molecule has 0 saturated heterocycles. The van der Waals surface area contributed by atoms with Gasteiger partial charge in [-0.25, -0.2) is 0 Å². The lowest BCUT2D eigenvalue weighted by Gasteiger charge is -1.98. The van der Waals surface area contributed by atoms with Crippen molar-refractivity contribution in [2.45, 2.75) is 6.42 Å². The molecule has 0 unspecified atom stereocenters. The quantitative estimate of drug-likeness (QED) is 0.446. The van der Waals surface area contributed by atoms with Gasteiger partial charge in [0.05, 0.1) is 4.92 Å². The van der Waals surface area contributed by atoms with E-state index in [-0.39, 0.29) is 18.0 Å². The van der Waals surface area contributed by atoms with Gasteiger partial charge in [0.1, 0.15) is 5.69 Å². The number of anilines is 1. The predicted molar refractivity (Wildman–Crippen MR) is 58.2 cm³/mol. The van der Waals surface area contributed by atoms with Gasteiger partial charge in [-0.05, 0) is 24.1 Å². The summed E-state index contributed by atoms with van der Waals surface area (Å²) >= 11 is 0. The maximum absolute atomic E-state index is 10.5. The number of benzene rings is 1. The molecular formula is C10H12N2O3. The number of hydrogen-bond donors (Lipinski definition) is 2. The molecule has 1 aromatic carbocycles. The summed E-state index contributed by atoms with van der Waals surface area (Å²) in [6, 6.07) is 4.52. The molecule has 1 rings (SSSR count). The monoisotopic (exact) mass is 208 g/mol. The summed E-state index contributed by atoms with van der Waals surface area (Å²) in [5.74, 6) is 0. The van der Waals surface area contributed by atoms with E-state index >= 15 is 0 Å². The van der Waals surface area contributed by atoms with E-state index in [1.165, 1.54) is 12.1 Å². The van der Waals surface area contributed by atoms with Crippen molar-refractivity contribution in [1.82, 2.24) is 0 Å². The first kappa shape index (κ1) is 11.2. The molecule has 5 heteroatoms. The number of hydrogen-bond acceptors (Lipinski definition) is 4. The van der Waals surface area contributed by atoms with Crippen LogP contribution < -0.4 is 5.73 Å². The van der Waals surface area contributed by atoms with Crippen LogP contribution in [0.1, 0.15) is 12.0 Å². The number of nitro groups is 1. The van der Waals surface area contributed by atoms with E-state index in [2.05, 4.69) is 0 Å². The molecule has 0 aliphatic rings. The SMILES string of the molecule is Nc1cc(C=CCCO)ccc1[N+](=O)[O-]. The van der Waals surface area contributed by atoms with Crippen LogP contribution in [0.5, 0.6) is 0 Å². The lowest BCUT2D eigenvalue weighted by atomic mass is 10.1. The first-order chi connectivity index (χ1) is 7.15. The summed E-state index contributed by atoms with van der Waals surface area (Å²) < 4.78 is 0. The van der Waals surface area contributed by atoms with Gasteiger partial charge in [0.2, 0.25) is 0 Å². The third kappa shape index (κ3) is 3.07. The molecule has 15 heavy (non-hydrogen) atoms. The lowest BCUT2D eigenvalue weighted by molar-refractivity contribution is -0.383. The zero-order chi connectivity index (χ0) is 11.3. The van der Waals surface area contributed by atoms with Crippen molar-refractivity contribution < 1.29 is 10.0 Å². The van der Waals surface area contributed by atoms with Crippen LogP contribution in [0.4, 0.5) is 11.4 Å². The first-order valence-electron chi connectivity index (χ1n) is 4.46. The second kappa shape index (κ2) is 5.11. The molecule has 0 aliphatic heterocycles. The van der Waals surface area contributed by atoms with Gasteiger partial charge in [-0.1, -0.05) is 12.2 Å². The van der Waals surface area contributed by atoms with E-state index in [9.17, 15) is 10.1 Å². The van der Waals surface area contributed by atoms with Gasteiger partial charge >= 0.3 is 0 Å². The minimum Gasteiger partial charge on any atom is -0.396 e. The Morgan fingerprint density at radius 3 is 2.80 bits per heavy atom. The van der Waals surface area contributed by atoms with Crippen LogP contribution in [0.15, 0.2) is 24.3 Å². The summed E-state index contributed by atoms with van der Waals surface area (Å²) in [6.07, 6.45) is 4.09. The number of nitrogen functional groups attached to an aromatic ring is 1. The minimum absolute atomic E-state index is 0.0823. The lowest BCUT2D eigenvalue weighted by Crippen LogP contribution is -1.95. The standard InChI is InChI=1S/C10H12N2O3/c11-9-7-8(3-1-2-6-13)4-5-10(9)12(14)15/h1,3-5,7,13H,2,6,11H2. The highest BCUT2D eigenvalue weighted by Gasteiger charge is 2.09. The smallest absolute Gasteiger partial charge is 0.292 e. The molecule has 0 atom stereocenters. The van der Waals surface area contributed by atoms with Crippen molar-refractivity contribution in [2.75, 3.05) is 12.3 Å². The molecule has 0 saturated carbocycles. The largest absolute Gasteiger partial charge is 0.396 e. The van der Waals surface area contributed by atoms with E-state index in [1.807, 2.05) is 0 Å². The second-order valence-corrected chi connectivity index (χ2v) is 2.99. The van der Waals surface area contributed by atoms with Gasteiger partial charge in [0.25, 0.3) is 5.69 Å². The fourth-order valence-corrected chi connectivity index (χ4v) is 1.14. The van der Waals surface area contributed by atoms with Gasteiger partial charge in [0, 0.05) is 12.7 Å². The van der Waals surface area contributed by atoms with Crippen molar-refractivity contribution in [1.29, 1.82) is 0 Å². The highest BCUT2D eigenvalue weighted by molar-refractivity contribution is 5.65. The van der Waals surface area contributed by atoms with Crippen molar-refractivity contribution in [3.8, 4) is 0 Å². The molecule has 80 valence electrons. The Bertz CT molecular complexity index is 388.